The number of carbonyl (C=O) groups is 1. The number of ketones is 1. The van der Waals surface area contributed by atoms with Crippen LogP contribution in [0.2, 0.25) is 5.02 Å². The number of carbonyl (C=O) groups excluding carboxylic acids is 1. The average Bonchev–Trinajstić information content (AvgIpc) is 2.17. The van der Waals surface area contributed by atoms with Gasteiger partial charge in [-0.05, 0) is 31.0 Å². The Kier molecular flexibility index (Phi) is 6.76. The number of aliphatic imine (C=N–C) groups is 1. The number of hydrogen-bond donors (Lipinski definition) is 1. The molecule has 0 unspecified atom stereocenters. The van der Waals surface area contributed by atoms with Crippen molar-refractivity contribution in [1.82, 2.24) is 0 Å². The molecule has 9 heteroatoms. The fourth-order valence-electron chi connectivity index (χ4n) is 1.16. The Bertz CT molecular complexity index is 614. The average molecular weight is 298 g/mol. The number of halogens is 1. The van der Waals surface area contributed by atoms with E-state index in [4.69, 9.17) is 16.2 Å². The van der Waals surface area contributed by atoms with Crippen molar-refractivity contribution >= 4 is 39.1 Å². The van der Waals surface area contributed by atoms with Crippen LogP contribution >= 0.6 is 11.6 Å². The van der Waals surface area contributed by atoms with Gasteiger partial charge in [-0.2, -0.15) is 8.42 Å². The summed E-state index contributed by atoms with van der Waals surface area (Å²) in [5.74, 6) is -1.06. The van der Waals surface area contributed by atoms with Crippen LogP contribution in [0.15, 0.2) is 28.1 Å². The van der Waals surface area contributed by atoms with E-state index in [0.29, 0.717) is 0 Å². The third kappa shape index (κ3) is 5.76. The van der Waals surface area contributed by atoms with Gasteiger partial charge in [0.2, 0.25) is 0 Å². The van der Waals surface area contributed by atoms with Gasteiger partial charge >= 0.3 is 18.9 Å². The van der Waals surface area contributed by atoms with Crippen LogP contribution in [0.25, 0.3) is 0 Å². The first-order valence-electron chi connectivity index (χ1n) is 4.71. The normalized spacial score (nSPS) is 11.8. The molecule has 0 spiro atoms. The maximum atomic E-state index is 11.2. The molecule has 0 fully saturated rings. The molecule has 0 saturated carbocycles. The van der Waals surface area contributed by atoms with Crippen molar-refractivity contribution in [3.63, 3.8) is 0 Å². The first kappa shape index (κ1) is 18.2. The van der Waals surface area contributed by atoms with Crippen molar-refractivity contribution in [3.05, 3.63) is 23.2 Å². The van der Waals surface area contributed by atoms with Gasteiger partial charge in [0.15, 0.2) is 0 Å². The second-order valence-corrected chi connectivity index (χ2v) is 5.27. The number of benzene rings is 1. The second-order valence-electron chi connectivity index (χ2n) is 3.47. The largest absolute Gasteiger partial charge is 1.00 e. The van der Waals surface area contributed by atoms with E-state index in [1.54, 1.807) is 0 Å². The van der Waals surface area contributed by atoms with Gasteiger partial charge in [-0.3, -0.25) is 14.3 Å². The molecule has 0 aliphatic rings. The standard InChI is InChI=1S/C10H10ClNO5S.Li/c1-6(13)4-10(14)12-7-2-3-8(11)9(5-7)18(15,16)17;/h2-3,5H,4H2,1H3,(H,12,14)(H,15,16,17);/q;+1/p-1. The topological polar surface area (TPSA) is 107 Å². The summed E-state index contributed by atoms with van der Waals surface area (Å²) < 4.78 is 30.8. The van der Waals surface area contributed by atoms with Crippen LogP contribution in [0.4, 0.5) is 5.69 Å². The van der Waals surface area contributed by atoms with Gasteiger partial charge in [0.05, 0.1) is 10.7 Å². The van der Waals surface area contributed by atoms with E-state index in [1.165, 1.54) is 19.1 Å². The summed E-state index contributed by atoms with van der Waals surface area (Å²) in [4.78, 5) is 13.7. The second kappa shape index (κ2) is 7.08. The van der Waals surface area contributed by atoms with E-state index >= 15 is 0 Å². The molecule has 0 atom stereocenters. The summed E-state index contributed by atoms with van der Waals surface area (Å²) in [6.45, 7) is 1.24. The molecule has 1 N–H and O–H groups in total. The summed E-state index contributed by atoms with van der Waals surface area (Å²) in [5, 5.41) is 11.1. The Morgan fingerprint density at radius 3 is 2.53 bits per heavy atom. The van der Waals surface area contributed by atoms with Gasteiger partial charge < -0.3 is 5.11 Å². The van der Waals surface area contributed by atoms with Crippen LogP contribution in [0, 0.1) is 0 Å². The predicted octanol–water partition coefficient (Wildman–Crippen LogP) is -2.04. The van der Waals surface area contributed by atoms with Gasteiger partial charge in [-0.1, -0.05) is 11.6 Å². The van der Waals surface area contributed by atoms with Crippen molar-refractivity contribution in [1.29, 1.82) is 0 Å². The van der Waals surface area contributed by atoms with E-state index in [1.807, 2.05) is 0 Å². The molecule has 1 rings (SSSR count). The fraction of sp³-hybridized carbons (Fsp3) is 0.200. The molecule has 0 bridgehead atoms. The van der Waals surface area contributed by atoms with Crippen molar-refractivity contribution in [2.45, 2.75) is 18.2 Å². The van der Waals surface area contributed by atoms with Crippen LogP contribution in [-0.4, -0.2) is 24.7 Å². The molecule has 0 heterocycles. The van der Waals surface area contributed by atoms with Gasteiger partial charge in [0.1, 0.15) is 10.7 Å². The van der Waals surface area contributed by atoms with E-state index in [9.17, 15) is 18.3 Å². The maximum absolute atomic E-state index is 11.2. The number of Topliss-reactive ketones (excluding diaryl/α,β-unsaturated/α-hetero) is 1. The summed E-state index contributed by atoms with van der Waals surface area (Å²) in [7, 11) is -4.49. The molecule has 0 aliphatic heterocycles. The molecule has 0 radical (unpaired) electrons. The summed E-state index contributed by atoms with van der Waals surface area (Å²) >= 11 is 5.58. The molecule has 98 valence electrons. The molecular weight excluding hydrogens is 289 g/mol. The molecule has 6 nitrogen and oxygen atoms in total. The van der Waals surface area contributed by atoms with E-state index in [-0.39, 0.29) is 41.8 Å². The summed E-state index contributed by atoms with van der Waals surface area (Å²) in [6, 6.07) is 3.44. The fourth-order valence-corrected chi connectivity index (χ4v) is 2.15. The molecule has 0 aliphatic carbocycles. The Morgan fingerprint density at radius 1 is 1.47 bits per heavy atom. The van der Waals surface area contributed by atoms with Gasteiger partial charge in [-0.25, -0.2) is 0 Å². The SMILES string of the molecule is CC(=O)CC([O-])=Nc1ccc(Cl)c(S(=O)(=O)O)c1.[Li+]. The van der Waals surface area contributed by atoms with Crippen LogP contribution in [0.5, 0.6) is 0 Å². The third-order valence-corrected chi connectivity index (χ3v) is 3.18. The zero-order chi connectivity index (χ0) is 13.9. The molecule has 0 amide bonds. The van der Waals surface area contributed by atoms with Crippen LogP contribution < -0.4 is 24.0 Å². The van der Waals surface area contributed by atoms with Crippen molar-refractivity contribution in [2.24, 2.45) is 4.99 Å². The van der Waals surface area contributed by atoms with Crippen LogP contribution in [0.3, 0.4) is 0 Å². The Hall–Kier alpha value is -0.843. The van der Waals surface area contributed by atoms with Gasteiger partial charge in [0.25, 0.3) is 10.1 Å². The number of hydrogen-bond acceptors (Lipinski definition) is 5. The minimum atomic E-state index is -4.49. The van der Waals surface area contributed by atoms with E-state index in [2.05, 4.69) is 4.99 Å². The zero-order valence-electron chi connectivity index (χ0n) is 10.3. The van der Waals surface area contributed by atoms with E-state index in [0.717, 1.165) is 6.07 Å². The first-order chi connectivity index (χ1) is 8.20. The molecule has 1 aromatic rings. The first-order valence-corrected chi connectivity index (χ1v) is 6.53. The zero-order valence-corrected chi connectivity index (χ0v) is 11.8. The smallest absolute Gasteiger partial charge is 0.861 e. The number of nitrogens with zero attached hydrogens (tertiary/aromatic N) is 1. The van der Waals surface area contributed by atoms with Crippen molar-refractivity contribution < 1.29 is 41.7 Å². The van der Waals surface area contributed by atoms with Gasteiger partial charge in [0, 0.05) is 6.42 Å². The molecule has 19 heavy (non-hydrogen) atoms. The van der Waals surface area contributed by atoms with Crippen molar-refractivity contribution in [3.8, 4) is 0 Å². The monoisotopic (exact) mass is 297 g/mol. The third-order valence-electron chi connectivity index (χ3n) is 1.85. The Labute approximate surface area is 127 Å². The van der Waals surface area contributed by atoms with E-state index < -0.39 is 20.9 Å². The van der Waals surface area contributed by atoms with Crippen molar-refractivity contribution in [2.75, 3.05) is 0 Å². The summed E-state index contributed by atoms with van der Waals surface area (Å²) in [6.07, 6.45) is -0.371. The Balaban J connectivity index is 0.00000324. The molecule has 1 aromatic carbocycles. The quantitative estimate of drug-likeness (QED) is 0.298. The minimum Gasteiger partial charge on any atom is -0.861 e. The molecular formula is C10H9ClLiNO5S. The molecule has 0 saturated heterocycles. The summed E-state index contributed by atoms with van der Waals surface area (Å²) in [5.41, 5.74) is -0.00160. The minimum absolute atomic E-state index is 0. The molecule has 0 aromatic heterocycles. The Morgan fingerprint density at radius 2 is 2.05 bits per heavy atom. The van der Waals surface area contributed by atoms with Gasteiger partial charge in [-0.15, -0.1) is 0 Å². The van der Waals surface area contributed by atoms with Crippen LogP contribution in [-0.2, 0) is 14.9 Å². The maximum Gasteiger partial charge on any atom is 1.00 e. The number of rotatable bonds is 4. The van der Waals surface area contributed by atoms with Crippen LogP contribution in [0.1, 0.15) is 13.3 Å². The predicted molar refractivity (Wildman–Crippen MR) is 63.7 cm³/mol.